The van der Waals surface area contributed by atoms with Gasteiger partial charge in [-0.3, -0.25) is 14.4 Å². The van der Waals surface area contributed by atoms with Crippen LogP contribution < -0.4 is 0 Å². The Morgan fingerprint density at radius 1 is 0.958 bits per heavy atom. The molecule has 2 saturated carbocycles. The molecule has 1 heterocycles. The van der Waals surface area contributed by atoms with Gasteiger partial charge in [0.25, 0.3) is 0 Å². The minimum atomic E-state index is -2.40. The van der Waals surface area contributed by atoms with Gasteiger partial charge in [0.05, 0.1) is 35.7 Å². The summed E-state index contributed by atoms with van der Waals surface area (Å²) in [5.41, 5.74) is -2.34. The zero-order valence-corrected chi connectivity index (χ0v) is 30.8. The second kappa shape index (κ2) is 13.1. The van der Waals surface area contributed by atoms with Crippen LogP contribution >= 0.6 is 0 Å². The molecule has 0 radical (unpaired) electrons. The number of carbonyl (C=O) groups is 4. The Morgan fingerprint density at radius 3 is 2.10 bits per heavy atom. The van der Waals surface area contributed by atoms with E-state index >= 15 is 4.79 Å². The summed E-state index contributed by atoms with van der Waals surface area (Å²) < 4.78 is 32.3. The van der Waals surface area contributed by atoms with Gasteiger partial charge in [0, 0.05) is 26.2 Å². The molecule has 0 amide bonds. The zero-order valence-electron chi connectivity index (χ0n) is 29.8. The maximum Gasteiger partial charge on any atom is 0.338 e. The summed E-state index contributed by atoms with van der Waals surface area (Å²) in [4.78, 5) is 55.4. The first kappa shape index (κ1) is 36.4. The van der Waals surface area contributed by atoms with E-state index in [2.05, 4.69) is 20.8 Å². The van der Waals surface area contributed by atoms with E-state index < -0.39 is 90.8 Å². The molecule has 1 N–H and O–H groups in total. The number of aliphatic hydroxyl groups is 1. The van der Waals surface area contributed by atoms with E-state index in [1.165, 1.54) is 13.8 Å². The summed E-state index contributed by atoms with van der Waals surface area (Å²) in [5.74, 6) is -3.75. The third-order valence-corrected chi connectivity index (χ3v) is 16.9. The van der Waals surface area contributed by atoms with Gasteiger partial charge in [-0.05, 0) is 67.1 Å². The molecule has 4 aliphatic rings. The van der Waals surface area contributed by atoms with Gasteiger partial charge >= 0.3 is 17.9 Å². The van der Waals surface area contributed by atoms with Crippen LogP contribution in [0.4, 0.5) is 0 Å². The average molecular weight is 685 g/mol. The van der Waals surface area contributed by atoms with Crippen LogP contribution in [0.3, 0.4) is 0 Å². The Labute approximate surface area is 285 Å². The molecule has 3 aliphatic carbocycles. The highest BCUT2D eigenvalue weighted by Gasteiger charge is 2.76. The van der Waals surface area contributed by atoms with Crippen LogP contribution in [0, 0.1) is 22.7 Å². The zero-order chi connectivity index (χ0) is 35.4. The highest BCUT2D eigenvalue weighted by Crippen LogP contribution is 2.64. The topological polar surface area (TPSA) is 135 Å². The van der Waals surface area contributed by atoms with Crippen molar-refractivity contribution in [2.75, 3.05) is 6.61 Å². The summed E-state index contributed by atoms with van der Waals surface area (Å²) in [6.45, 7) is 16.4. The molecular weight excluding hydrogens is 632 g/mol. The molecule has 3 unspecified atom stereocenters. The molecular formula is C37H52O10Si. The van der Waals surface area contributed by atoms with Crippen LogP contribution in [-0.4, -0.2) is 79.8 Å². The summed E-state index contributed by atoms with van der Waals surface area (Å²) in [7, 11) is -2.40. The lowest BCUT2D eigenvalue weighted by molar-refractivity contribution is -0.334. The molecule has 264 valence electrons. The van der Waals surface area contributed by atoms with E-state index in [1.807, 2.05) is 20.8 Å². The van der Waals surface area contributed by atoms with Gasteiger partial charge in [0.1, 0.15) is 12.2 Å². The Hall–Kier alpha value is -2.86. The van der Waals surface area contributed by atoms with E-state index in [1.54, 1.807) is 37.3 Å². The molecule has 1 saturated heterocycles. The number of carbonyl (C=O) groups excluding carboxylic acids is 4. The first-order valence-corrected chi connectivity index (χ1v) is 19.9. The Morgan fingerprint density at radius 2 is 1.58 bits per heavy atom. The monoisotopic (exact) mass is 684 g/mol. The molecule has 2 bridgehead atoms. The largest absolute Gasteiger partial charge is 0.458 e. The third kappa shape index (κ3) is 5.68. The molecule has 0 spiro atoms. The fourth-order valence-corrected chi connectivity index (χ4v) is 12.4. The normalized spacial score (nSPS) is 35.6. The minimum absolute atomic E-state index is 0.00947. The van der Waals surface area contributed by atoms with Crippen LogP contribution in [0.2, 0.25) is 18.1 Å². The molecule has 3 fully saturated rings. The van der Waals surface area contributed by atoms with Crippen molar-refractivity contribution in [3.63, 3.8) is 0 Å². The lowest BCUT2D eigenvalue weighted by Gasteiger charge is -2.67. The molecule has 1 aromatic rings. The van der Waals surface area contributed by atoms with Crippen molar-refractivity contribution >= 4 is 32.0 Å². The number of fused-ring (bicyclic) bond motifs is 5. The highest BCUT2D eigenvalue weighted by molar-refractivity contribution is 6.73. The van der Waals surface area contributed by atoms with Crippen molar-refractivity contribution in [2.45, 2.75) is 129 Å². The first-order chi connectivity index (χ1) is 22.5. The molecule has 10 nitrogen and oxygen atoms in total. The number of hydrogen-bond acceptors (Lipinski definition) is 10. The van der Waals surface area contributed by atoms with Gasteiger partial charge in [-0.25, -0.2) is 4.79 Å². The van der Waals surface area contributed by atoms with Crippen LogP contribution in [0.15, 0.2) is 41.5 Å². The number of benzene rings is 1. The first-order valence-electron chi connectivity index (χ1n) is 17.4. The predicted molar refractivity (Wildman–Crippen MR) is 179 cm³/mol. The maximum atomic E-state index is 15.6. The molecule has 1 aliphatic heterocycles. The Bertz CT molecular complexity index is 1460. The van der Waals surface area contributed by atoms with E-state index in [9.17, 15) is 19.5 Å². The molecule has 0 aromatic heterocycles. The Balaban J connectivity index is 1.84. The van der Waals surface area contributed by atoms with Crippen molar-refractivity contribution in [1.82, 2.24) is 0 Å². The number of aliphatic hydroxyl groups excluding tert-OH is 1. The number of esters is 3. The van der Waals surface area contributed by atoms with Gasteiger partial charge in [-0.1, -0.05) is 52.8 Å². The molecule has 11 heteroatoms. The number of hydrogen-bond donors (Lipinski definition) is 1. The van der Waals surface area contributed by atoms with Crippen molar-refractivity contribution in [2.24, 2.45) is 22.7 Å². The van der Waals surface area contributed by atoms with Gasteiger partial charge in [0.2, 0.25) is 0 Å². The van der Waals surface area contributed by atoms with Crippen LogP contribution in [0.25, 0.3) is 0 Å². The van der Waals surface area contributed by atoms with Gasteiger partial charge in [-0.2, -0.15) is 0 Å². The maximum absolute atomic E-state index is 15.6. The standard InChI is InChI=1S/C37H52O10Si/c1-10-48(11-2,12-3)47-27-19-28-37(20-43-28,46-23(6)39)32-30(45-34(42)24-16-14-13-15-17-24)25-18-26(40)21(4)29(35(25,7)8)31(44-22(5)38)33(41)36(27,32)9/h13-17,25-28,30-32,40H,10-12,18-20H2,1-9H3/t25?,26-,27-,28+,30?,31+,32?,36+,37-/m0/s1. The number of ketones is 1. The number of Topliss-reactive ketones (excluding diaryl/α,β-unsaturated/α-hetero) is 1. The quantitative estimate of drug-likeness (QED) is 0.152. The summed E-state index contributed by atoms with van der Waals surface area (Å²) in [5, 5.41) is 11.6. The summed E-state index contributed by atoms with van der Waals surface area (Å²) in [6.07, 6.45) is -4.26. The van der Waals surface area contributed by atoms with Crippen molar-refractivity contribution in [3.8, 4) is 0 Å². The SMILES string of the molecule is CC[Si](CC)(CC)O[C@H]1C[C@H]2OC[C@@]2(OC(C)=O)C2C(OC(=O)c3ccccc3)C3C[C@H](O)C(C)=C([C@@H](OC(C)=O)C(=O)[C@@]21C)C3(C)C. The van der Waals surface area contributed by atoms with E-state index in [0.29, 0.717) is 16.7 Å². The molecule has 48 heavy (non-hydrogen) atoms. The lowest BCUT2D eigenvalue weighted by Crippen LogP contribution is -2.80. The van der Waals surface area contributed by atoms with Gasteiger partial charge in [-0.15, -0.1) is 0 Å². The van der Waals surface area contributed by atoms with E-state index in [0.717, 1.165) is 18.1 Å². The summed E-state index contributed by atoms with van der Waals surface area (Å²) in [6, 6.07) is 11.1. The van der Waals surface area contributed by atoms with E-state index in [-0.39, 0.29) is 19.4 Å². The second-order valence-electron chi connectivity index (χ2n) is 15.0. The summed E-state index contributed by atoms with van der Waals surface area (Å²) >= 11 is 0. The van der Waals surface area contributed by atoms with Crippen LogP contribution in [-0.2, 0) is 37.8 Å². The fourth-order valence-electron chi connectivity index (χ4n) is 9.43. The third-order valence-electron chi connectivity index (χ3n) is 12.3. The molecule has 9 atom stereocenters. The number of ether oxygens (including phenoxy) is 4. The minimum Gasteiger partial charge on any atom is -0.458 e. The average Bonchev–Trinajstić information content (AvgIpc) is 3.03. The fraction of sp³-hybridized carbons (Fsp3) is 0.676. The second-order valence-corrected chi connectivity index (χ2v) is 19.7. The Kier molecular flexibility index (Phi) is 9.95. The van der Waals surface area contributed by atoms with Gasteiger partial charge in [0.15, 0.2) is 25.8 Å². The highest BCUT2D eigenvalue weighted by atomic mass is 28.4. The molecule has 5 rings (SSSR count). The predicted octanol–water partition coefficient (Wildman–Crippen LogP) is 5.57. The smallest absolute Gasteiger partial charge is 0.338 e. The van der Waals surface area contributed by atoms with Crippen molar-refractivity contribution in [1.29, 1.82) is 0 Å². The van der Waals surface area contributed by atoms with E-state index in [4.69, 9.17) is 23.4 Å². The van der Waals surface area contributed by atoms with Gasteiger partial charge < -0.3 is 28.5 Å². The van der Waals surface area contributed by atoms with Crippen LogP contribution in [0.5, 0.6) is 0 Å². The lowest BCUT2D eigenvalue weighted by atomic mass is 9.46. The van der Waals surface area contributed by atoms with Crippen molar-refractivity contribution in [3.05, 3.63) is 47.0 Å². The molecule has 1 aromatic carbocycles. The van der Waals surface area contributed by atoms with Crippen LogP contribution in [0.1, 0.15) is 85.5 Å². The number of rotatable bonds is 9. The van der Waals surface area contributed by atoms with Crippen molar-refractivity contribution < 1.29 is 47.7 Å².